The Hall–Kier alpha value is -2.26. The Bertz CT molecular complexity index is 1190. The van der Waals surface area contributed by atoms with Gasteiger partial charge in [-0.05, 0) is 49.7 Å². The molecule has 1 aromatic heterocycles. The van der Waals surface area contributed by atoms with Crippen molar-refractivity contribution in [3.8, 4) is 5.75 Å². The van der Waals surface area contributed by atoms with Gasteiger partial charge >= 0.3 is 0 Å². The quantitative estimate of drug-likeness (QED) is 0.559. The minimum atomic E-state index is -4.04. The molecule has 3 aromatic rings. The van der Waals surface area contributed by atoms with Gasteiger partial charge in [0.1, 0.15) is 17.0 Å². The van der Waals surface area contributed by atoms with Crippen molar-refractivity contribution in [1.29, 1.82) is 0 Å². The van der Waals surface area contributed by atoms with Gasteiger partial charge < -0.3 is 14.5 Å². The van der Waals surface area contributed by atoms with Gasteiger partial charge in [0, 0.05) is 54.9 Å². The van der Waals surface area contributed by atoms with E-state index in [0.717, 1.165) is 40.0 Å². The lowest BCUT2D eigenvalue weighted by Gasteiger charge is -2.31. The number of aryl methyl sites for hydroxylation is 1. The standard InChI is InChI=1S/C22H26ClN3O4S/c1-15-4-5-21(29-3)20(10-15)26(23)31(27,28)19-11-17-6-9-30-22(17)18(12-19)14-25-8-7-24-16(2)13-25/h4-6,9-12,16,24H,7-8,13-14H2,1-3H3. The van der Waals surface area contributed by atoms with E-state index < -0.39 is 10.0 Å². The van der Waals surface area contributed by atoms with Crippen LogP contribution in [0.5, 0.6) is 5.75 Å². The van der Waals surface area contributed by atoms with Crippen LogP contribution in [0.2, 0.25) is 0 Å². The third kappa shape index (κ3) is 4.39. The second-order valence-corrected chi connectivity index (χ2v) is 10.2. The largest absolute Gasteiger partial charge is 0.494 e. The fourth-order valence-corrected chi connectivity index (χ4v) is 5.47. The summed E-state index contributed by atoms with van der Waals surface area (Å²) in [6.07, 6.45) is 1.58. The van der Waals surface area contributed by atoms with E-state index in [4.69, 9.17) is 20.9 Å². The van der Waals surface area contributed by atoms with Crippen LogP contribution in [0.3, 0.4) is 0 Å². The van der Waals surface area contributed by atoms with Crippen LogP contribution in [0.15, 0.2) is 52.0 Å². The summed E-state index contributed by atoms with van der Waals surface area (Å²) in [5.41, 5.74) is 2.65. The zero-order valence-corrected chi connectivity index (χ0v) is 19.3. The molecule has 4 rings (SSSR count). The molecule has 1 saturated heterocycles. The molecule has 31 heavy (non-hydrogen) atoms. The van der Waals surface area contributed by atoms with Crippen LogP contribution in [0.4, 0.5) is 5.69 Å². The Balaban J connectivity index is 1.74. The molecule has 1 fully saturated rings. The lowest BCUT2D eigenvalue weighted by atomic mass is 10.1. The van der Waals surface area contributed by atoms with E-state index >= 15 is 0 Å². The zero-order valence-electron chi connectivity index (χ0n) is 17.8. The van der Waals surface area contributed by atoms with Crippen LogP contribution in [-0.4, -0.2) is 46.1 Å². The molecule has 1 N–H and O–H groups in total. The molecular formula is C22H26ClN3O4S. The molecule has 1 unspecified atom stereocenters. The summed E-state index contributed by atoms with van der Waals surface area (Å²) in [4.78, 5) is 2.40. The minimum Gasteiger partial charge on any atom is -0.494 e. The average Bonchev–Trinajstić information content (AvgIpc) is 3.22. The third-order valence-electron chi connectivity index (χ3n) is 5.48. The van der Waals surface area contributed by atoms with Crippen molar-refractivity contribution >= 4 is 38.5 Å². The van der Waals surface area contributed by atoms with Gasteiger partial charge in [-0.1, -0.05) is 6.07 Å². The Morgan fingerprint density at radius 3 is 2.84 bits per heavy atom. The second-order valence-electron chi connectivity index (χ2n) is 7.91. The summed E-state index contributed by atoms with van der Waals surface area (Å²) in [6.45, 7) is 7.24. The first-order valence-electron chi connectivity index (χ1n) is 10.1. The summed E-state index contributed by atoms with van der Waals surface area (Å²) < 4.78 is 38.7. The highest BCUT2D eigenvalue weighted by Gasteiger charge is 2.28. The molecule has 1 atom stereocenters. The summed E-state index contributed by atoms with van der Waals surface area (Å²) in [6, 6.07) is 10.6. The number of anilines is 1. The molecule has 2 aromatic carbocycles. The molecular weight excluding hydrogens is 438 g/mol. The lowest BCUT2D eigenvalue weighted by Crippen LogP contribution is -2.48. The second kappa shape index (κ2) is 8.70. The Morgan fingerprint density at radius 2 is 2.10 bits per heavy atom. The minimum absolute atomic E-state index is 0.109. The predicted octanol–water partition coefficient (Wildman–Crippen LogP) is 3.89. The van der Waals surface area contributed by atoms with Crippen LogP contribution in [0, 0.1) is 6.92 Å². The first kappa shape index (κ1) is 22.0. The van der Waals surface area contributed by atoms with Crippen molar-refractivity contribution in [1.82, 2.24) is 10.2 Å². The molecule has 0 saturated carbocycles. The normalized spacial score (nSPS) is 17.7. The van der Waals surface area contributed by atoms with Gasteiger partial charge in [0.05, 0.1) is 18.3 Å². The average molecular weight is 464 g/mol. The van der Waals surface area contributed by atoms with E-state index in [2.05, 4.69) is 17.1 Å². The zero-order chi connectivity index (χ0) is 22.2. The monoisotopic (exact) mass is 463 g/mol. The van der Waals surface area contributed by atoms with Crippen LogP contribution in [0.25, 0.3) is 11.0 Å². The number of halogens is 1. The molecule has 2 heterocycles. The molecule has 0 bridgehead atoms. The summed E-state index contributed by atoms with van der Waals surface area (Å²) in [7, 11) is -2.56. The van der Waals surface area contributed by atoms with Gasteiger partial charge in [-0.3, -0.25) is 4.90 Å². The third-order valence-corrected chi connectivity index (χ3v) is 7.66. The Labute approximate surface area is 187 Å². The number of ether oxygens (including phenoxy) is 1. The number of rotatable bonds is 6. The highest BCUT2D eigenvalue weighted by atomic mass is 35.5. The van der Waals surface area contributed by atoms with Gasteiger partial charge in [-0.25, -0.2) is 0 Å². The van der Waals surface area contributed by atoms with Crippen molar-refractivity contribution in [2.24, 2.45) is 0 Å². The van der Waals surface area contributed by atoms with E-state index in [0.29, 0.717) is 23.9 Å². The summed E-state index contributed by atoms with van der Waals surface area (Å²) in [5, 5.41) is 4.14. The molecule has 0 amide bonds. The fourth-order valence-electron chi connectivity index (χ4n) is 3.95. The number of furan rings is 1. The predicted molar refractivity (Wildman–Crippen MR) is 122 cm³/mol. The maximum absolute atomic E-state index is 13.5. The van der Waals surface area contributed by atoms with E-state index in [-0.39, 0.29) is 10.6 Å². The van der Waals surface area contributed by atoms with E-state index in [1.165, 1.54) is 7.11 Å². The Morgan fingerprint density at radius 1 is 1.29 bits per heavy atom. The topological polar surface area (TPSA) is 75.0 Å². The van der Waals surface area contributed by atoms with E-state index in [1.807, 2.05) is 13.0 Å². The molecule has 0 radical (unpaired) electrons. The van der Waals surface area contributed by atoms with Gasteiger partial charge in [-0.15, -0.1) is 0 Å². The van der Waals surface area contributed by atoms with Gasteiger partial charge in [0.15, 0.2) is 0 Å². The first-order chi connectivity index (χ1) is 14.8. The Kier molecular flexibility index (Phi) is 6.16. The number of hydrogen-bond donors (Lipinski definition) is 1. The number of sulfonamides is 1. The van der Waals surface area contributed by atoms with Gasteiger partial charge in [-0.2, -0.15) is 12.2 Å². The fraction of sp³-hybridized carbons (Fsp3) is 0.364. The van der Waals surface area contributed by atoms with Crippen LogP contribution in [0.1, 0.15) is 18.1 Å². The lowest BCUT2D eigenvalue weighted by molar-refractivity contribution is 0.199. The maximum atomic E-state index is 13.5. The maximum Gasteiger partial charge on any atom is 0.278 e. The highest BCUT2D eigenvalue weighted by molar-refractivity contribution is 7.94. The van der Waals surface area contributed by atoms with Crippen LogP contribution in [-0.2, 0) is 16.6 Å². The number of piperazine rings is 1. The molecule has 7 nitrogen and oxygen atoms in total. The first-order valence-corrected chi connectivity index (χ1v) is 11.9. The summed E-state index contributed by atoms with van der Waals surface area (Å²) in [5.74, 6) is 0.378. The molecule has 1 aliphatic rings. The van der Waals surface area contributed by atoms with Crippen molar-refractivity contribution in [2.45, 2.75) is 31.3 Å². The number of nitrogens with zero attached hydrogens (tertiary/aromatic N) is 2. The number of methoxy groups -OCH3 is 1. The van der Waals surface area contributed by atoms with Crippen LogP contribution < -0.4 is 13.9 Å². The van der Waals surface area contributed by atoms with Crippen molar-refractivity contribution in [3.05, 3.63) is 53.8 Å². The molecule has 166 valence electrons. The van der Waals surface area contributed by atoms with Gasteiger partial charge in [0.2, 0.25) is 0 Å². The molecule has 0 aliphatic carbocycles. The summed E-state index contributed by atoms with van der Waals surface area (Å²) >= 11 is 6.40. The van der Waals surface area contributed by atoms with Crippen molar-refractivity contribution in [2.75, 3.05) is 30.6 Å². The molecule has 0 spiro atoms. The highest BCUT2D eigenvalue weighted by Crippen LogP contribution is 2.36. The number of fused-ring (bicyclic) bond motifs is 1. The van der Waals surface area contributed by atoms with E-state index in [9.17, 15) is 8.42 Å². The van der Waals surface area contributed by atoms with Crippen LogP contribution >= 0.6 is 11.8 Å². The number of hydrogen-bond acceptors (Lipinski definition) is 6. The SMILES string of the molecule is COc1ccc(C)cc1N(Cl)S(=O)(=O)c1cc(CN2CCNC(C)C2)c2occc2c1. The van der Waals surface area contributed by atoms with Gasteiger partial charge in [0.25, 0.3) is 10.0 Å². The molecule has 1 aliphatic heterocycles. The van der Waals surface area contributed by atoms with E-state index in [1.54, 1.807) is 36.6 Å². The number of nitrogens with one attached hydrogen (secondary N) is 1. The molecule has 9 heteroatoms. The van der Waals surface area contributed by atoms with Crippen molar-refractivity contribution < 1.29 is 17.6 Å². The number of benzene rings is 2. The smallest absolute Gasteiger partial charge is 0.278 e. The van der Waals surface area contributed by atoms with Crippen molar-refractivity contribution in [3.63, 3.8) is 0 Å².